The molecule has 0 aliphatic carbocycles. The highest BCUT2D eigenvalue weighted by atomic mass is 32.2. The van der Waals surface area contributed by atoms with E-state index >= 15 is 0 Å². The number of rotatable bonds is 8. The van der Waals surface area contributed by atoms with Crippen molar-refractivity contribution >= 4 is 27.5 Å². The highest BCUT2D eigenvalue weighted by Gasteiger charge is 2.27. The number of nitrogens with one attached hydrogen (secondary N) is 1. The van der Waals surface area contributed by atoms with Gasteiger partial charge in [0.15, 0.2) is 0 Å². The maximum atomic E-state index is 13.1. The molecule has 1 aliphatic heterocycles. The van der Waals surface area contributed by atoms with Crippen molar-refractivity contribution in [2.75, 3.05) is 17.8 Å². The summed E-state index contributed by atoms with van der Waals surface area (Å²) in [5, 5.41) is 0. The van der Waals surface area contributed by atoms with Crippen molar-refractivity contribution in [2.45, 2.75) is 50.8 Å². The van der Waals surface area contributed by atoms with Crippen LogP contribution >= 0.6 is 0 Å². The number of benzene rings is 2. The lowest BCUT2D eigenvalue weighted by Gasteiger charge is -2.30. The second-order valence-corrected chi connectivity index (χ2v) is 10.0. The number of hydrogen-bond acceptors (Lipinski definition) is 4. The smallest absolute Gasteiger partial charge is 0.262 e. The molecule has 1 fully saturated rings. The van der Waals surface area contributed by atoms with E-state index < -0.39 is 10.0 Å². The summed E-state index contributed by atoms with van der Waals surface area (Å²) in [6, 6.07) is 12.1. The van der Waals surface area contributed by atoms with Crippen LogP contribution in [0.3, 0.4) is 0 Å². The molecular formula is C24H31N3O4S. The molecular weight excluding hydrogens is 426 g/mol. The van der Waals surface area contributed by atoms with Crippen LogP contribution in [-0.2, 0) is 21.2 Å². The molecule has 2 amide bonds. The second-order valence-electron chi connectivity index (χ2n) is 8.36. The van der Waals surface area contributed by atoms with Gasteiger partial charge in [0, 0.05) is 30.3 Å². The quantitative estimate of drug-likeness (QED) is 0.632. The number of primary amides is 1. The summed E-state index contributed by atoms with van der Waals surface area (Å²) in [5.74, 6) is -0.805. The van der Waals surface area contributed by atoms with Crippen LogP contribution in [0.5, 0.6) is 0 Å². The fourth-order valence-corrected chi connectivity index (χ4v) is 5.23. The maximum absolute atomic E-state index is 13.1. The number of nitrogens with zero attached hydrogens (tertiary/aromatic N) is 1. The van der Waals surface area contributed by atoms with Crippen molar-refractivity contribution in [3.05, 3.63) is 59.2 Å². The van der Waals surface area contributed by atoms with Crippen molar-refractivity contribution in [3.63, 3.8) is 0 Å². The average Bonchev–Trinajstić information content (AvgIpc) is 2.78. The molecule has 3 rings (SSSR count). The number of amides is 2. The number of aryl methyl sites for hydroxylation is 2. The zero-order valence-corrected chi connectivity index (χ0v) is 19.5. The Kier molecular flexibility index (Phi) is 7.56. The average molecular weight is 458 g/mol. The first-order chi connectivity index (χ1) is 15.2. The monoisotopic (exact) mass is 457 g/mol. The van der Waals surface area contributed by atoms with E-state index in [1.54, 1.807) is 36.1 Å². The highest BCUT2D eigenvalue weighted by Crippen LogP contribution is 2.24. The third-order valence-corrected chi connectivity index (χ3v) is 7.46. The summed E-state index contributed by atoms with van der Waals surface area (Å²) in [6.45, 7) is 4.68. The first-order valence-corrected chi connectivity index (χ1v) is 12.5. The fraction of sp³-hybridized carbons (Fsp3) is 0.417. The fourth-order valence-electron chi connectivity index (χ4n) is 3.90. The number of anilines is 1. The standard InChI is InChI=1S/C24H31N3O4S/c1-3-4-5-18-7-10-21(11-8-18)26-32(30,31)22-16-20(9-6-17(22)2)24(29)27-14-12-19(13-15-27)23(25)28/h6-11,16,19,26H,3-5,12-15H2,1-2H3,(H2,25,28). The Morgan fingerprint density at radius 2 is 1.75 bits per heavy atom. The minimum absolute atomic E-state index is 0.0745. The molecule has 2 aromatic rings. The van der Waals surface area contributed by atoms with E-state index in [9.17, 15) is 18.0 Å². The minimum Gasteiger partial charge on any atom is -0.369 e. The van der Waals surface area contributed by atoms with Crippen LogP contribution in [0.2, 0.25) is 0 Å². The van der Waals surface area contributed by atoms with Crippen molar-refractivity contribution in [3.8, 4) is 0 Å². The number of sulfonamides is 1. The van der Waals surface area contributed by atoms with Gasteiger partial charge in [-0.2, -0.15) is 0 Å². The van der Waals surface area contributed by atoms with Crippen LogP contribution < -0.4 is 10.5 Å². The predicted molar refractivity (Wildman–Crippen MR) is 125 cm³/mol. The molecule has 2 aromatic carbocycles. The Balaban J connectivity index is 1.75. The van der Waals surface area contributed by atoms with Gasteiger partial charge in [-0.25, -0.2) is 8.42 Å². The van der Waals surface area contributed by atoms with Gasteiger partial charge in [-0.1, -0.05) is 31.5 Å². The molecule has 172 valence electrons. The minimum atomic E-state index is -3.86. The molecule has 8 heteroatoms. The lowest BCUT2D eigenvalue weighted by Crippen LogP contribution is -2.41. The number of nitrogens with two attached hydrogens (primary N) is 1. The van der Waals surface area contributed by atoms with Crippen LogP contribution in [0.1, 0.15) is 54.1 Å². The summed E-state index contributed by atoms with van der Waals surface area (Å²) in [6.07, 6.45) is 4.20. The molecule has 0 atom stereocenters. The van der Waals surface area contributed by atoms with Gasteiger partial charge in [-0.15, -0.1) is 0 Å². The van der Waals surface area contributed by atoms with Gasteiger partial charge in [0.25, 0.3) is 15.9 Å². The SMILES string of the molecule is CCCCc1ccc(NS(=O)(=O)c2cc(C(=O)N3CCC(C(N)=O)CC3)ccc2C)cc1. The molecule has 7 nitrogen and oxygen atoms in total. The summed E-state index contributed by atoms with van der Waals surface area (Å²) in [4.78, 5) is 26.0. The lowest BCUT2D eigenvalue weighted by atomic mass is 9.96. The third-order valence-electron chi connectivity index (χ3n) is 5.93. The summed E-state index contributed by atoms with van der Waals surface area (Å²) in [7, 11) is -3.86. The van der Waals surface area contributed by atoms with Crippen LogP contribution in [0.25, 0.3) is 0 Å². The topological polar surface area (TPSA) is 110 Å². The van der Waals surface area contributed by atoms with Crippen LogP contribution in [-0.4, -0.2) is 38.2 Å². The molecule has 0 spiro atoms. The molecule has 0 bridgehead atoms. The van der Waals surface area contributed by atoms with E-state index in [4.69, 9.17) is 5.73 Å². The molecule has 1 aliphatic rings. The number of carbonyl (C=O) groups excluding carboxylic acids is 2. The predicted octanol–water partition coefficient (Wildman–Crippen LogP) is 3.48. The third kappa shape index (κ3) is 5.68. The van der Waals surface area contributed by atoms with Gasteiger partial charge in [0.1, 0.15) is 0 Å². The molecule has 0 saturated carbocycles. The van der Waals surface area contributed by atoms with Crippen molar-refractivity contribution < 1.29 is 18.0 Å². The van der Waals surface area contributed by atoms with Crippen molar-refractivity contribution in [2.24, 2.45) is 11.7 Å². The van der Waals surface area contributed by atoms with Gasteiger partial charge in [-0.05, 0) is 68.0 Å². The first kappa shape index (κ1) is 23.8. The van der Waals surface area contributed by atoms with E-state index in [-0.39, 0.29) is 22.6 Å². The van der Waals surface area contributed by atoms with Gasteiger partial charge in [-0.3, -0.25) is 14.3 Å². The zero-order chi connectivity index (χ0) is 23.3. The number of carbonyl (C=O) groups is 2. The Bertz CT molecular complexity index is 1070. The van der Waals surface area contributed by atoms with Crippen LogP contribution in [0, 0.1) is 12.8 Å². The Labute approximate surface area is 190 Å². The summed E-state index contributed by atoms with van der Waals surface area (Å²) in [5.41, 5.74) is 7.87. The first-order valence-electron chi connectivity index (χ1n) is 11.0. The summed E-state index contributed by atoms with van der Waals surface area (Å²) < 4.78 is 28.7. The second kappa shape index (κ2) is 10.2. The normalized spacial score (nSPS) is 14.9. The van der Waals surface area contributed by atoms with E-state index in [2.05, 4.69) is 11.6 Å². The molecule has 32 heavy (non-hydrogen) atoms. The van der Waals surface area contributed by atoms with E-state index in [0.717, 1.165) is 19.3 Å². The number of piperidine rings is 1. The molecule has 0 radical (unpaired) electrons. The largest absolute Gasteiger partial charge is 0.369 e. The highest BCUT2D eigenvalue weighted by molar-refractivity contribution is 7.92. The van der Waals surface area contributed by atoms with Gasteiger partial charge < -0.3 is 10.6 Å². The Morgan fingerprint density at radius 3 is 2.34 bits per heavy atom. The van der Waals surface area contributed by atoms with Crippen molar-refractivity contribution in [1.29, 1.82) is 0 Å². The van der Waals surface area contributed by atoms with E-state index in [1.165, 1.54) is 11.6 Å². The molecule has 0 unspecified atom stereocenters. The van der Waals surface area contributed by atoms with Gasteiger partial charge in [0.2, 0.25) is 5.91 Å². The van der Waals surface area contributed by atoms with E-state index in [1.807, 2.05) is 12.1 Å². The van der Waals surface area contributed by atoms with Gasteiger partial charge in [0.05, 0.1) is 4.90 Å². The van der Waals surface area contributed by atoms with Crippen molar-refractivity contribution in [1.82, 2.24) is 4.90 Å². The molecule has 1 saturated heterocycles. The van der Waals surface area contributed by atoms with Gasteiger partial charge >= 0.3 is 0 Å². The Morgan fingerprint density at radius 1 is 1.09 bits per heavy atom. The Hall–Kier alpha value is -2.87. The zero-order valence-electron chi connectivity index (χ0n) is 18.6. The number of likely N-dealkylation sites (tertiary alicyclic amines) is 1. The molecule has 3 N–H and O–H groups in total. The molecule has 0 aromatic heterocycles. The summed E-state index contributed by atoms with van der Waals surface area (Å²) >= 11 is 0. The van der Waals surface area contributed by atoms with E-state index in [0.29, 0.717) is 42.7 Å². The maximum Gasteiger partial charge on any atom is 0.262 e. The van der Waals surface area contributed by atoms with Crippen LogP contribution in [0.4, 0.5) is 5.69 Å². The number of unbranched alkanes of at least 4 members (excludes halogenated alkanes) is 1. The lowest BCUT2D eigenvalue weighted by molar-refractivity contribution is -0.123. The number of hydrogen-bond donors (Lipinski definition) is 2. The molecule has 1 heterocycles. The van der Waals surface area contributed by atoms with Crippen LogP contribution in [0.15, 0.2) is 47.4 Å².